The molecule has 0 atom stereocenters. The predicted molar refractivity (Wildman–Crippen MR) is 148 cm³/mol. The second kappa shape index (κ2) is 10.1. The van der Waals surface area contributed by atoms with Crippen LogP contribution in [0, 0.1) is 0 Å². The van der Waals surface area contributed by atoms with Crippen molar-refractivity contribution >= 4 is 27.3 Å². The first-order chi connectivity index (χ1) is 18.3. The Hall–Kier alpha value is -4.49. The van der Waals surface area contributed by atoms with E-state index in [1.165, 1.54) is 6.07 Å². The standard InChI is InChI=1S/C31H26N2O4S/c1-32(2)29-26-15-9-10-16-28(26)38(36,37)33(30(29)31(35)25-13-7-4-8-14-25)21-27(34)24-19-17-23(18-20-24)22-11-5-3-6-12-22/h3-20H,21H2,1-2H3. The molecule has 6 nitrogen and oxygen atoms in total. The fourth-order valence-corrected chi connectivity index (χ4v) is 6.26. The van der Waals surface area contributed by atoms with Gasteiger partial charge in [0.1, 0.15) is 5.70 Å². The molecule has 0 saturated heterocycles. The maximum Gasteiger partial charge on any atom is 0.265 e. The maximum absolute atomic E-state index is 13.9. The van der Waals surface area contributed by atoms with Gasteiger partial charge < -0.3 is 4.90 Å². The zero-order valence-electron chi connectivity index (χ0n) is 21.0. The van der Waals surface area contributed by atoms with Gasteiger partial charge in [-0.3, -0.25) is 13.9 Å². The maximum atomic E-state index is 13.9. The summed E-state index contributed by atoms with van der Waals surface area (Å²) in [6.45, 7) is -0.507. The summed E-state index contributed by atoms with van der Waals surface area (Å²) < 4.78 is 28.8. The Balaban J connectivity index is 1.60. The van der Waals surface area contributed by atoms with Gasteiger partial charge in [-0.05, 0) is 17.2 Å². The van der Waals surface area contributed by atoms with E-state index >= 15 is 0 Å². The Morgan fingerprint density at radius 2 is 1.24 bits per heavy atom. The first-order valence-electron chi connectivity index (χ1n) is 12.1. The molecule has 1 heterocycles. The van der Waals surface area contributed by atoms with Crippen molar-refractivity contribution in [3.63, 3.8) is 0 Å². The van der Waals surface area contributed by atoms with E-state index in [9.17, 15) is 18.0 Å². The molecule has 0 fully saturated rings. The number of hydrogen-bond donors (Lipinski definition) is 0. The number of rotatable bonds is 7. The number of fused-ring (bicyclic) bond motifs is 1. The summed E-state index contributed by atoms with van der Waals surface area (Å²) in [5.74, 6) is -0.886. The van der Waals surface area contributed by atoms with Gasteiger partial charge in [0, 0.05) is 30.8 Å². The van der Waals surface area contributed by atoms with E-state index in [-0.39, 0.29) is 10.6 Å². The van der Waals surface area contributed by atoms with Crippen LogP contribution in [0.1, 0.15) is 26.3 Å². The van der Waals surface area contributed by atoms with Crippen molar-refractivity contribution in [1.82, 2.24) is 9.21 Å². The van der Waals surface area contributed by atoms with E-state index in [2.05, 4.69) is 0 Å². The number of sulfonamides is 1. The third-order valence-electron chi connectivity index (χ3n) is 6.48. The zero-order valence-corrected chi connectivity index (χ0v) is 21.9. The van der Waals surface area contributed by atoms with Gasteiger partial charge >= 0.3 is 0 Å². The lowest BCUT2D eigenvalue weighted by Crippen LogP contribution is -2.42. The largest absolute Gasteiger partial charge is 0.375 e. The van der Waals surface area contributed by atoms with E-state index in [1.807, 2.05) is 42.5 Å². The fraction of sp³-hybridized carbons (Fsp3) is 0.0968. The van der Waals surface area contributed by atoms with Crippen LogP contribution in [0.15, 0.2) is 120 Å². The lowest BCUT2D eigenvalue weighted by molar-refractivity contribution is 0.0957. The molecule has 0 radical (unpaired) electrons. The van der Waals surface area contributed by atoms with Crippen LogP contribution in [0.5, 0.6) is 0 Å². The molecular formula is C31H26N2O4S. The third kappa shape index (κ3) is 4.53. The van der Waals surface area contributed by atoms with Crippen LogP contribution in [0.3, 0.4) is 0 Å². The average molecular weight is 523 g/mol. The molecule has 0 bridgehead atoms. The van der Waals surface area contributed by atoms with Gasteiger partial charge in [0.2, 0.25) is 5.78 Å². The van der Waals surface area contributed by atoms with Crippen molar-refractivity contribution in [3.8, 4) is 11.1 Å². The van der Waals surface area contributed by atoms with Gasteiger partial charge in [0.15, 0.2) is 5.78 Å². The summed E-state index contributed by atoms with van der Waals surface area (Å²) in [7, 11) is -0.689. The van der Waals surface area contributed by atoms with E-state index < -0.39 is 28.1 Å². The zero-order chi connectivity index (χ0) is 26.9. The van der Waals surface area contributed by atoms with Gasteiger partial charge in [-0.15, -0.1) is 0 Å². The van der Waals surface area contributed by atoms with Crippen molar-refractivity contribution in [2.75, 3.05) is 20.6 Å². The number of allylic oxidation sites excluding steroid dienone is 1. The molecule has 4 aromatic carbocycles. The van der Waals surface area contributed by atoms with Crippen molar-refractivity contribution in [2.24, 2.45) is 0 Å². The molecule has 7 heteroatoms. The van der Waals surface area contributed by atoms with E-state index in [1.54, 1.807) is 79.7 Å². The number of nitrogens with zero attached hydrogens (tertiary/aromatic N) is 2. The number of benzene rings is 4. The van der Waals surface area contributed by atoms with E-state index in [4.69, 9.17) is 0 Å². The molecule has 4 aromatic rings. The molecule has 0 aliphatic carbocycles. The van der Waals surface area contributed by atoms with Crippen LogP contribution in [-0.2, 0) is 10.0 Å². The molecule has 38 heavy (non-hydrogen) atoms. The Morgan fingerprint density at radius 3 is 1.87 bits per heavy atom. The molecule has 5 rings (SSSR count). The van der Waals surface area contributed by atoms with Crippen molar-refractivity contribution < 1.29 is 18.0 Å². The summed E-state index contributed by atoms with van der Waals surface area (Å²) in [4.78, 5) is 29.1. The fourth-order valence-electron chi connectivity index (χ4n) is 4.64. The average Bonchev–Trinajstić information content (AvgIpc) is 2.95. The van der Waals surface area contributed by atoms with Gasteiger partial charge in [0.25, 0.3) is 10.0 Å². The molecule has 0 saturated carbocycles. The second-order valence-electron chi connectivity index (χ2n) is 9.16. The first kappa shape index (κ1) is 25.2. The van der Waals surface area contributed by atoms with Crippen molar-refractivity contribution in [3.05, 3.63) is 132 Å². The highest BCUT2D eigenvalue weighted by Crippen LogP contribution is 2.39. The minimum atomic E-state index is -4.20. The van der Waals surface area contributed by atoms with Gasteiger partial charge in [-0.25, -0.2) is 8.42 Å². The highest BCUT2D eigenvalue weighted by molar-refractivity contribution is 7.89. The molecular weight excluding hydrogens is 496 g/mol. The van der Waals surface area contributed by atoms with Crippen LogP contribution in [-0.4, -0.2) is 49.8 Å². The molecule has 0 amide bonds. The second-order valence-corrected chi connectivity index (χ2v) is 11.0. The number of carbonyl (C=O) groups excluding carboxylic acids is 2. The van der Waals surface area contributed by atoms with E-state index in [0.29, 0.717) is 22.4 Å². The highest BCUT2D eigenvalue weighted by atomic mass is 32.2. The molecule has 0 aromatic heterocycles. The van der Waals surface area contributed by atoms with Gasteiger partial charge in [-0.2, -0.15) is 0 Å². The predicted octanol–water partition coefficient (Wildman–Crippen LogP) is 5.35. The number of ketones is 2. The van der Waals surface area contributed by atoms with Crippen LogP contribution < -0.4 is 0 Å². The van der Waals surface area contributed by atoms with Gasteiger partial charge in [-0.1, -0.05) is 103 Å². The highest BCUT2D eigenvalue weighted by Gasteiger charge is 2.41. The van der Waals surface area contributed by atoms with Crippen LogP contribution in [0.25, 0.3) is 16.8 Å². The van der Waals surface area contributed by atoms with Gasteiger partial charge in [0.05, 0.1) is 17.1 Å². The monoisotopic (exact) mass is 522 g/mol. The van der Waals surface area contributed by atoms with Crippen LogP contribution in [0.2, 0.25) is 0 Å². The Bertz CT molecular complexity index is 1640. The smallest absolute Gasteiger partial charge is 0.265 e. The SMILES string of the molecule is CN(C)C1=C(C(=O)c2ccccc2)N(CC(=O)c2ccc(-c3ccccc3)cc2)S(=O)(=O)c2ccccc21. The number of hydrogen-bond acceptors (Lipinski definition) is 5. The van der Waals surface area contributed by atoms with Crippen LogP contribution >= 0.6 is 0 Å². The molecule has 0 N–H and O–H groups in total. The Kier molecular flexibility index (Phi) is 6.70. The molecule has 0 spiro atoms. The lowest BCUT2D eigenvalue weighted by atomic mass is 10.0. The van der Waals surface area contributed by atoms with E-state index in [0.717, 1.165) is 15.4 Å². The Labute approximate surface area is 222 Å². The minimum Gasteiger partial charge on any atom is -0.375 e. The minimum absolute atomic E-state index is 0.0471. The molecule has 0 unspecified atom stereocenters. The summed E-state index contributed by atoms with van der Waals surface area (Å²) >= 11 is 0. The van der Waals surface area contributed by atoms with Crippen molar-refractivity contribution in [1.29, 1.82) is 0 Å². The van der Waals surface area contributed by atoms with Crippen molar-refractivity contribution in [2.45, 2.75) is 4.90 Å². The topological polar surface area (TPSA) is 74.8 Å². The number of carbonyl (C=O) groups is 2. The Morgan fingerprint density at radius 1 is 0.684 bits per heavy atom. The van der Waals surface area contributed by atoms with Crippen LogP contribution in [0.4, 0.5) is 0 Å². The lowest BCUT2D eigenvalue weighted by Gasteiger charge is -2.35. The quantitative estimate of drug-likeness (QED) is 0.306. The summed E-state index contributed by atoms with van der Waals surface area (Å²) in [5, 5.41) is 0. The first-order valence-corrected chi connectivity index (χ1v) is 13.5. The molecule has 1 aliphatic heterocycles. The summed E-state index contributed by atoms with van der Waals surface area (Å²) in [5.41, 5.74) is 3.46. The normalized spacial score (nSPS) is 14.1. The third-order valence-corrected chi connectivity index (χ3v) is 8.29. The summed E-state index contributed by atoms with van der Waals surface area (Å²) in [6.07, 6.45) is 0. The molecule has 190 valence electrons. The molecule has 1 aliphatic rings. The number of Topliss-reactive ketones (excluding diaryl/α,β-unsaturated/α-hetero) is 2. The summed E-state index contributed by atoms with van der Waals surface area (Å²) in [6, 6.07) is 31.8.